The van der Waals surface area contributed by atoms with Crippen LogP contribution < -0.4 is 20.7 Å². The lowest BCUT2D eigenvalue weighted by molar-refractivity contribution is 0.397. The van der Waals surface area contributed by atoms with Gasteiger partial charge in [0.2, 0.25) is 0 Å². The van der Waals surface area contributed by atoms with Crippen molar-refractivity contribution in [2.75, 3.05) is 19.6 Å². The third-order valence-electron chi connectivity index (χ3n) is 3.16. The summed E-state index contributed by atoms with van der Waals surface area (Å²) in [4.78, 5) is 4.63. The van der Waals surface area contributed by atoms with Gasteiger partial charge < -0.3 is 14.9 Å². The Labute approximate surface area is 123 Å². The molecule has 0 bridgehead atoms. The number of halogens is 1. The predicted molar refractivity (Wildman–Crippen MR) is 81.8 cm³/mol. The van der Waals surface area contributed by atoms with Gasteiger partial charge in [0.25, 0.3) is 0 Å². The van der Waals surface area contributed by atoms with Gasteiger partial charge in [0.1, 0.15) is 17.0 Å². The number of hydrogen-bond donors (Lipinski definition) is 2. The first-order chi connectivity index (χ1) is 9.53. The van der Waals surface area contributed by atoms with E-state index in [1.807, 2.05) is 6.07 Å². The smallest absolute Gasteiger partial charge is 0.148 e. The number of pyridine rings is 1. The van der Waals surface area contributed by atoms with E-state index < -0.39 is 0 Å². The highest BCUT2D eigenvalue weighted by Crippen LogP contribution is 2.42. The number of nitrogens with two attached hydrogens (primary N) is 1. The number of ether oxygens (including phenoxy) is 2. The molecule has 20 heavy (non-hydrogen) atoms. The van der Waals surface area contributed by atoms with Gasteiger partial charge in [-0.05, 0) is 12.0 Å². The number of anilines is 1. The Morgan fingerprint density at radius 3 is 2.35 bits per heavy atom. The number of nitrogens with one attached hydrogen (secondary N) is 1. The van der Waals surface area contributed by atoms with E-state index in [-0.39, 0.29) is 5.92 Å². The van der Waals surface area contributed by atoms with Crippen LogP contribution in [0.15, 0.2) is 12.1 Å². The number of methoxy groups -OCH3 is 2. The molecule has 2 aromatic rings. The molecule has 0 atom stereocenters. The Balaban J connectivity index is 2.91. The van der Waals surface area contributed by atoms with Crippen molar-refractivity contribution in [2.45, 2.75) is 19.8 Å². The van der Waals surface area contributed by atoms with Crippen molar-refractivity contribution in [3.63, 3.8) is 0 Å². The third-order valence-corrected chi connectivity index (χ3v) is 3.53. The topological polar surface area (TPSA) is 69.4 Å². The highest BCUT2D eigenvalue weighted by Gasteiger charge is 2.18. The molecule has 0 radical (unpaired) electrons. The Hall–Kier alpha value is -1.72. The quantitative estimate of drug-likeness (QED) is 0.669. The Morgan fingerprint density at radius 2 is 1.85 bits per heavy atom. The molecule has 0 unspecified atom stereocenters. The minimum atomic E-state index is 0.261. The fourth-order valence-corrected chi connectivity index (χ4v) is 2.38. The van der Waals surface area contributed by atoms with Crippen molar-refractivity contribution in [1.29, 1.82) is 0 Å². The number of hydrazine groups is 1. The standard InChI is InChI=1S/C14H18ClN3O2/c1-7(2)8-5-9(18-16)12-13(15)10(19-3)6-11(20-4)14(12)17-8/h5-7H,16H2,1-4H3,(H,17,18). The minimum Gasteiger partial charge on any atom is -0.495 e. The molecule has 0 spiro atoms. The monoisotopic (exact) mass is 295 g/mol. The molecular formula is C14H18ClN3O2. The lowest BCUT2D eigenvalue weighted by Gasteiger charge is -2.16. The molecule has 5 nitrogen and oxygen atoms in total. The number of aromatic nitrogens is 1. The fourth-order valence-electron chi connectivity index (χ4n) is 2.05. The molecule has 1 aromatic carbocycles. The van der Waals surface area contributed by atoms with Crippen LogP contribution >= 0.6 is 11.6 Å². The van der Waals surface area contributed by atoms with Gasteiger partial charge in [0, 0.05) is 11.8 Å². The molecule has 0 fully saturated rings. The number of nitrogens with zero attached hydrogens (tertiary/aromatic N) is 1. The Morgan fingerprint density at radius 1 is 1.20 bits per heavy atom. The number of fused-ring (bicyclic) bond motifs is 1. The normalized spacial score (nSPS) is 10.9. The van der Waals surface area contributed by atoms with Gasteiger partial charge in [-0.25, -0.2) is 4.98 Å². The van der Waals surface area contributed by atoms with Gasteiger partial charge >= 0.3 is 0 Å². The zero-order chi connectivity index (χ0) is 14.9. The predicted octanol–water partition coefficient (Wildman–Crippen LogP) is 3.31. The van der Waals surface area contributed by atoms with Gasteiger partial charge in [0.15, 0.2) is 0 Å². The number of rotatable bonds is 4. The SMILES string of the molecule is COc1cc(OC)c2nc(C(C)C)cc(NN)c2c1Cl. The minimum absolute atomic E-state index is 0.261. The Bertz CT molecular complexity index is 644. The second-order valence-corrected chi connectivity index (χ2v) is 5.09. The van der Waals surface area contributed by atoms with E-state index in [9.17, 15) is 0 Å². The molecule has 1 heterocycles. The van der Waals surface area contributed by atoms with Crippen molar-refractivity contribution >= 4 is 28.2 Å². The van der Waals surface area contributed by atoms with Crippen molar-refractivity contribution in [3.8, 4) is 11.5 Å². The first-order valence-electron chi connectivity index (χ1n) is 6.25. The molecule has 0 saturated carbocycles. The lowest BCUT2D eigenvalue weighted by atomic mass is 10.1. The molecule has 2 rings (SSSR count). The number of nitrogen functional groups attached to an aromatic ring is 1. The zero-order valence-electron chi connectivity index (χ0n) is 12.0. The molecule has 0 aliphatic rings. The van der Waals surface area contributed by atoms with Gasteiger partial charge in [-0.2, -0.15) is 0 Å². The van der Waals surface area contributed by atoms with Crippen molar-refractivity contribution in [2.24, 2.45) is 5.84 Å². The summed E-state index contributed by atoms with van der Waals surface area (Å²) in [5.74, 6) is 7.00. The van der Waals surface area contributed by atoms with Crippen LogP contribution in [0.3, 0.4) is 0 Å². The van der Waals surface area contributed by atoms with Crippen molar-refractivity contribution < 1.29 is 9.47 Å². The number of hydrogen-bond acceptors (Lipinski definition) is 5. The molecule has 1 aromatic heterocycles. The highest BCUT2D eigenvalue weighted by molar-refractivity contribution is 6.38. The summed E-state index contributed by atoms with van der Waals surface area (Å²) in [6.45, 7) is 4.12. The average Bonchev–Trinajstić information content (AvgIpc) is 2.46. The van der Waals surface area contributed by atoms with E-state index in [4.69, 9.17) is 26.9 Å². The fraction of sp³-hybridized carbons (Fsp3) is 0.357. The summed E-state index contributed by atoms with van der Waals surface area (Å²) in [5.41, 5.74) is 4.94. The second-order valence-electron chi connectivity index (χ2n) is 4.71. The van der Waals surface area contributed by atoms with Crippen molar-refractivity contribution in [3.05, 3.63) is 22.8 Å². The van der Waals surface area contributed by atoms with Crippen LogP contribution in [-0.4, -0.2) is 19.2 Å². The van der Waals surface area contributed by atoms with Gasteiger partial charge in [0.05, 0.1) is 30.3 Å². The molecule has 0 amide bonds. The first kappa shape index (κ1) is 14.7. The molecule has 3 N–H and O–H groups in total. The van der Waals surface area contributed by atoms with Gasteiger partial charge in [-0.1, -0.05) is 25.4 Å². The van der Waals surface area contributed by atoms with Crippen molar-refractivity contribution in [1.82, 2.24) is 4.98 Å². The summed E-state index contributed by atoms with van der Waals surface area (Å²) in [7, 11) is 3.14. The van der Waals surface area contributed by atoms with Crippen LogP contribution in [0.1, 0.15) is 25.5 Å². The Kier molecular flexibility index (Phi) is 4.20. The van der Waals surface area contributed by atoms with Crippen LogP contribution in [0.25, 0.3) is 10.9 Å². The van der Waals surface area contributed by atoms with E-state index in [0.29, 0.717) is 33.1 Å². The van der Waals surface area contributed by atoms with Crippen LogP contribution in [0.2, 0.25) is 5.02 Å². The zero-order valence-corrected chi connectivity index (χ0v) is 12.7. The molecular weight excluding hydrogens is 278 g/mol. The summed E-state index contributed by atoms with van der Waals surface area (Å²) < 4.78 is 10.7. The van der Waals surface area contributed by atoms with E-state index in [2.05, 4.69) is 24.3 Å². The summed E-state index contributed by atoms with van der Waals surface area (Å²) >= 11 is 6.37. The van der Waals surface area contributed by atoms with Crippen LogP contribution in [0, 0.1) is 0 Å². The molecule has 0 saturated heterocycles. The third kappa shape index (κ3) is 2.34. The van der Waals surface area contributed by atoms with Gasteiger partial charge in [-0.15, -0.1) is 0 Å². The maximum atomic E-state index is 6.37. The molecule has 108 valence electrons. The second kappa shape index (κ2) is 5.73. The molecule has 0 aliphatic heterocycles. The average molecular weight is 296 g/mol. The summed E-state index contributed by atoms with van der Waals surface area (Å²) in [5, 5.41) is 1.15. The maximum Gasteiger partial charge on any atom is 0.148 e. The van der Waals surface area contributed by atoms with E-state index in [1.54, 1.807) is 20.3 Å². The van der Waals surface area contributed by atoms with E-state index in [0.717, 1.165) is 5.69 Å². The lowest BCUT2D eigenvalue weighted by Crippen LogP contribution is -2.09. The van der Waals surface area contributed by atoms with Crippen LogP contribution in [-0.2, 0) is 0 Å². The highest BCUT2D eigenvalue weighted by atomic mass is 35.5. The van der Waals surface area contributed by atoms with Crippen LogP contribution in [0.5, 0.6) is 11.5 Å². The van der Waals surface area contributed by atoms with Crippen LogP contribution in [0.4, 0.5) is 5.69 Å². The molecule has 0 aliphatic carbocycles. The van der Waals surface area contributed by atoms with Gasteiger partial charge in [-0.3, -0.25) is 5.84 Å². The van der Waals surface area contributed by atoms with E-state index in [1.165, 1.54) is 0 Å². The first-order valence-corrected chi connectivity index (χ1v) is 6.63. The number of benzene rings is 1. The maximum absolute atomic E-state index is 6.37. The van der Waals surface area contributed by atoms with E-state index >= 15 is 0 Å². The molecule has 6 heteroatoms. The summed E-state index contributed by atoms with van der Waals surface area (Å²) in [6.07, 6.45) is 0. The largest absolute Gasteiger partial charge is 0.495 e. The summed E-state index contributed by atoms with van der Waals surface area (Å²) in [6, 6.07) is 3.61.